The molecular weight excluding hydrogens is 548 g/mol. The second kappa shape index (κ2) is 13.0. The third-order valence-electron chi connectivity index (χ3n) is 6.06. The van der Waals surface area contributed by atoms with Crippen molar-refractivity contribution in [1.29, 1.82) is 0 Å². The number of nitrogens with zero attached hydrogens (tertiary/aromatic N) is 1. The van der Waals surface area contributed by atoms with Crippen molar-refractivity contribution in [1.82, 2.24) is 9.29 Å². The summed E-state index contributed by atoms with van der Waals surface area (Å²) in [5, 5.41) is 7.55. The lowest BCUT2D eigenvalue weighted by Crippen LogP contribution is -2.23. The number of anilines is 2. The molecular formula is C30H29ClN4O2S2. The molecule has 1 aromatic heterocycles. The molecule has 0 radical (unpaired) electrons. The Labute approximate surface area is 241 Å². The van der Waals surface area contributed by atoms with Gasteiger partial charge in [-0.2, -0.15) is 0 Å². The normalized spacial score (nSPS) is 11.3. The van der Waals surface area contributed by atoms with Crippen LogP contribution in [0.2, 0.25) is 0 Å². The van der Waals surface area contributed by atoms with Gasteiger partial charge in [0.15, 0.2) is 0 Å². The molecule has 3 aromatic carbocycles. The number of benzene rings is 3. The number of pyridine rings is 1. The van der Waals surface area contributed by atoms with Crippen molar-refractivity contribution in [2.24, 2.45) is 0 Å². The predicted molar refractivity (Wildman–Crippen MR) is 170 cm³/mol. The van der Waals surface area contributed by atoms with E-state index in [9.17, 15) is 9.59 Å². The van der Waals surface area contributed by atoms with Crippen LogP contribution in [0, 0.1) is 0 Å². The smallest absolute Gasteiger partial charge is 0.329 e. The van der Waals surface area contributed by atoms with Gasteiger partial charge in [0.1, 0.15) is 0 Å². The molecule has 4 aromatic rings. The van der Waals surface area contributed by atoms with Crippen LogP contribution in [0.5, 0.6) is 0 Å². The number of allylic oxidation sites excluding steroid dienone is 1. The van der Waals surface area contributed by atoms with Crippen molar-refractivity contribution in [3.8, 4) is 16.8 Å². The predicted octanol–water partition coefficient (Wildman–Crippen LogP) is 8.34. The molecule has 0 aliphatic heterocycles. The number of carbonyl (C=O) groups excluding carboxylic acids is 1. The number of nitrogens with one attached hydrogen (secondary N) is 3. The zero-order valence-corrected chi connectivity index (χ0v) is 24.3. The van der Waals surface area contributed by atoms with Crippen LogP contribution < -0.4 is 20.9 Å². The zero-order valence-electron chi connectivity index (χ0n) is 21.9. The molecule has 3 N–H and O–H groups in total. The number of carbonyl (C=O) groups is 1. The number of fused-ring (bicyclic) bond motifs is 1. The molecule has 0 saturated heterocycles. The molecule has 4 rings (SSSR count). The van der Waals surface area contributed by atoms with Gasteiger partial charge in [0, 0.05) is 35.6 Å². The van der Waals surface area contributed by atoms with E-state index in [4.69, 9.17) is 11.6 Å². The first-order valence-electron chi connectivity index (χ1n) is 12.3. The van der Waals surface area contributed by atoms with Gasteiger partial charge in [0.2, 0.25) is 0 Å². The van der Waals surface area contributed by atoms with Gasteiger partial charge < -0.3 is 10.6 Å². The molecule has 0 bridgehead atoms. The van der Waals surface area contributed by atoms with E-state index in [2.05, 4.69) is 21.9 Å². The molecule has 0 saturated carbocycles. The topological polar surface area (TPSA) is 75.2 Å². The summed E-state index contributed by atoms with van der Waals surface area (Å²) in [6.07, 6.45) is 4.42. The van der Waals surface area contributed by atoms with E-state index in [1.807, 2.05) is 93.8 Å². The standard InChI is InChI=1S/C30H29ClN4O2S2/c1-5-20-16-23(33-30(37)34-39-28(6-2)38-19(3)31)13-15-27(20)35-18-26(21-10-8-7-9-11-21)25-17-22(32-4)12-14-24(25)29(35)36/h6-18,32H,3,5H2,1-2,4H3,(H2,33,34,37)/b28-6+. The molecule has 0 aliphatic rings. The van der Waals surface area contributed by atoms with Gasteiger partial charge >= 0.3 is 6.03 Å². The van der Waals surface area contributed by atoms with Crippen molar-refractivity contribution >= 4 is 63.5 Å². The first-order chi connectivity index (χ1) is 18.8. The first-order valence-corrected chi connectivity index (χ1v) is 14.3. The van der Waals surface area contributed by atoms with E-state index in [1.54, 1.807) is 10.6 Å². The zero-order chi connectivity index (χ0) is 27.9. The van der Waals surface area contributed by atoms with E-state index in [-0.39, 0.29) is 11.6 Å². The Hall–Kier alpha value is -3.59. The summed E-state index contributed by atoms with van der Waals surface area (Å²) in [5.74, 6) is 0. The number of hydrogen-bond acceptors (Lipinski definition) is 5. The molecule has 2 amide bonds. The van der Waals surface area contributed by atoms with Crippen LogP contribution in [-0.2, 0) is 6.42 Å². The first kappa shape index (κ1) is 28.4. The number of urea groups is 1. The average Bonchev–Trinajstić information content (AvgIpc) is 2.95. The summed E-state index contributed by atoms with van der Waals surface area (Å²) in [4.78, 5) is 26.3. The lowest BCUT2D eigenvalue weighted by Gasteiger charge is -2.17. The van der Waals surface area contributed by atoms with Crippen LogP contribution in [0.4, 0.5) is 16.2 Å². The van der Waals surface area contributed by atoms with Crippen molar-refractivity contribution in [2.75, 3.05) is 17.7 Å². The van der Waals surface area contributed by atoms with Crippen molar-refractivity contribution < 1.29 is 4.79 Å². The number of aromatic nitrogens is 1. The maximum atomic E-state index is 13.7. The largest absolute Gasteiger partial charge is 0.388 e. The maximum Gasteiger partial charge on any atom is 0.329 e. The lowest BCUT2D eigenvalue weighted by molar-refractivity contribution is 0.257. The van der Waals surface area contributed by atoms with Crippen LogP contribution in [-0.4, -0.2) is 17.6 Å². The third-order valence-corrected chi connectivity index (χ3v) is 8.17. The Balaban J connectivity index is 1.70. The summed E-state index contributed by atoms with van der Waals surface area (Å²) < 4.78 is 5.68. The second-order valence-corrected chi connectivity index (χ2v) is 11.4. The van der Waals surface area contributed by atoms with Gasteiger partial charge in [-0.1, -0.05) is 73.3 Å². The number of amides is 2. The summed E-state index contributed by atoms with van der Waals surface area (Å²) in [5.41, 5.74) is 5.14. The molecule has 200 valence electrons. The molecule has 0 unspecified atom stereocenters. The molecule has 6 nitrogen and oxygen atoms in total. The van der Waals surface area contributed by atoms with E-state index in [1.165, 1.54) is 11.8 Å². The fourth-order valence-electron chi connectivity index (χ4n) is 4.21. The van der Waals surface area contributed by atoms with E-state index in [0.717, 1.165) is 49.6 Å². The molecule has 9 heteroatoms. The van der Waals surface area contributed by atoms with Crippen molar-refractivity contribution in [2.45, 2.75) is 20.3 Å². The van der Waals surface area contributed by atoms with E-state index >= 15 is 0 Å². The Bertz CT molecular complexity index is 1620. The summed E-state index contributed by atoms with van der Waals surface area (Å²) >= 11 is 8.29. The minimum atomic E-state index is -0.371. The Morgan fingerprint density at radius 1 is 1.05 bits per heavy atom. The number of rotatable bonds is 9. The van der Waals surface area contributed by atoms with Crippen LogP contribution in [0.15, 0.2) is 99.0 Å². The van der Waals surface area contributed by atoms with Crippen LogP contribution >= 0.6 is 35.3 Å². The number of halogens is 1. The van der Waals surface area contributed by atoms with E-state index in [0.29, 0.717) is 21.9 Å². The highest BCUT2D eigenvalue weighted by atomic mass is 35.5. The van der Waals surface area contributed by atoms with Crippen LogP contribution in [0.1, 0.15) is 19.4 Å². The van der Waals surface area contributed by atoms with Crippen LogP contribution in [0.25, 0.3) is 27.6 Å². The highest BCUT2D eigenvalue weighted by Crippen LogP contribution is 2.34. The van der Waals surface area contributed by atoms with E-state index < -0.39 is 0 Å². The van der Waals surface area contributed by atoms with Gasteiger partial charge in [-0.25, -0.2) is 4.79 Å². The minimum Gasteiger partial charge on any atom is -0.388 e. The molecule has 0 spiro atoms. The Morgan fingerprint density at radius 3 is 2.46 bits per heavy atom. The summed E-state index contributed by atoms with van der Waals surface area (Å²) in [6, 6.07) is 21.0. The Morgan fingerprint density at radius 2 is 1.79 bits per heavy atom. The second-order valence-electron chi connectivity index (χ2n) is 8.51. The highest BCUT2D eigenvalue weighted by Gasteiger charge is 2.15. The number of thioether (sulfide) groups is 1. The summed E-state index contributed by atoms with van der Waals surface area (Å²) in [6.45, 7) is 7.55. The lowest BCUT2D eigenvalue weighted by atomic mass is 9.99. The number of hydrogen-bond donors (Lipinski definition) is 3. The van der Waals surface area contributed by atoms with Crippen molar-refractivity contribution in [3.05, 3.63) is 110 Å². The highest BCUT2D eigenvalue weighted by molar-refractivity contribution is 8.24. The van der Waals surface area contributed by atoms with Gasteiger partial charge in [-0.15, -0.1) is 0 Å². The monoisotopic (exact) mass is 576 g/mol. The fourth-order valence-corrected chi connectivity index (χ4v) is 5.88. The molecule has 39 heavy (non-hydrogen) atoms. The maximum absolute atomic E-state index is 13.7. The molecule has 0 atom stereocenters. The molecule has 0 fully saturated rings. The third kappa shape index (κ3) is 6.71. The number of aryl methyl sites for hydroxylation is 1. The van der Waals surface area contributed by atoms with Crippen LogP contribution in [0.3, 0.4) is 0 Å². The van der Waals surface area contributed by atoms with Gasteiger partial charge in [0.05, 0.1) is 14.3 Å². The van der Waals surface area contributed by atoms with Crippen molar-refractivity contribution in [3.63, 3.8) is 0 Å². The minimum absolute atomic E-state index is 0.103. The van der Waals surface area contributed by atoms with Gasteiger partial charge in [0.25, 0.3) is 5.56 Å². The summed E-state index contributed by atoms with van der Waals surface area (Å²) in [7, 11) is 1.86. The van der Waals surface area contributed by atoms with Gasteiger partial charge in [-0.05, 0) is 78.2 Å². The quantitative estimate of drug-likeness (QED) is 0.175. The van der Waals surface area contributed by atoms with Gasteiger partial charge in [-0.3, -0.25) is 14.1 Å². The molecule has 1 heterocycles. The fraction of sp³-hybridized carbons (Fsp3) is 0.133. The Kier molecular flexibility index (Phi) is 9.45. The average molecular weight is 577 g/mol. The SMILES string of the molecule is C=C(Cl)S/C(=C\C)SNC(=O)Nc1ccc(-n2cc(-c3ccccc3)c3cc(NC)ccc3c2=O)c(CC)c1. The molecule has 0 aliphatic carbocycles.